The molecule has 0 saturated carbocycles. The van der Waals surface area contributed by atoms with E-state index in [0.717, 1.165) is 0 Å². The number of para-hydroxylation sites is 1. The fraction of sp³-hybridized carbons (Fsp3) is 0.300. The van der Waals surface area contributed by atoms with Crippen LogP contribution in [-0.2, 0) is 0 Å². The molecule has 1 unspecified atom stereocenters. The molecule has 1 aromatic carbocycles. The summed E-state index contributed by atoms with van der Waals surface area (Å²) in [5.74, 6) is 0.519. The third-order valence-electron chi connectivity index (χ3n) is 1.49. The van der Waals surface area contributed by atoms with E-state index in [2.05, 4.69) is 0 Å². The lowest BCUT2D eigenvalue weighted by atomic mass is 10.2. The van der Waals surface area contributed by atoms with E-state index in [4.69, 9.17) is 15.1 Å². The summed E-state index contributed by atoms with van der Waals surface area (Å²) in [6.45, 7) is 1.84. The fourth-order valence-corrected chi connectivity index (χ4v) is 0.895. The van der Waals surface area contributed by atoms with Crippen LogP contribution < -0.4 is 4.74 Å². The second-order valence-corrected chi connectivity index (χ2v) is 2.77. The van der Waals surface area contributed by atoms with Gasteiger partial charge in [-0.25, -0.2) is 0 Å². The number of nitrogens with zero attached hydrogens (tertiary/aromatic N) is 1. The second kappa shape index (κ2) is 4.48. The summed E-state index contributed by atoms with van der Waals surface area (Å²) >= 11 is 0. The molecule has 0 saturated heterocycles. The Labute approximate surface area is 77.2 Å². The minimum Gasteiger partial charge on any atom is -0.490 e. The maximum Gasteiger partial charge on any atom is 0.137 e. The first-order chi connectivity index (χ1) is 6.24. The van der Waals surface area contributed by atoms with Crippen molar-refractivity contribution in [1.29, 1.82) is 5.26 Å². The predicted octanol–water partition coefficient (Wildman–Crippen LogP) is 1.32. The van der Waals surface area contributed by atoms with Crippen LogP contribution in [0.15, 0.2) is 24.3 Å². The summed E-state index contributed by atoms with van der Waals surface area (Å²) in [6, 6.07) is 8.96. The molecule has 0 aliphatic carbocycles. The summed E-state index contributed by atoms with van der Waals surface area (Å²) in [6.07, 6.45) is -0.522. The predicted molar refractivity (Wildman–Crippen MR) is 48.3 cm³/mol. The Hall–Kier alpha value is -1.53. The zero-order valence-corrected chi connectivity index (χ0v) is 7.40. The van der Waals surface area contributed by atoms with E-state index in [1.807, 2.05) is 6.07 Å². The molecule has 0 aliphatic rings. The molecule has 0 bridgehead atoms. The highest BCUT2D eigenvalue weighted by Gasteiger charge is 2.02. The zero-order valence-electron chi connectivity index (χ0n) is 7.40. The lowest BCUT2D eigenvalue weighted by Gasteiger charge is -2.08. The van der Waals surface area contributed by atoms with E-state index >= 15 is 0 Å². The molecule has 68 valence electrons. The van der Waals surface area contributed by atoms with Crippen molar-refractivity contribution in [2.45, 2.75) is 13.0 Å². The molecule has 1 N–H and O–H groups in total. The Kier molecular flexibility index (Phi) is 3.30. The SMILES string of the molecule is CC(O)COc1ccccc1C#N. The van der Waals surface area contributed by atoms with Gasteiger partial charge in [-0.15, -0.1) is 0 Å². The number of aliphatic hydroxyl groups excluding tert-OH is 1. The van der Waals surface area contributed by atoms with Crippen LogP contribution in [0.5, 0.6) is 5.75 Å². The Balaban J connectivity index is 2.71. The maximum atomic E-state index is 8.97. The van der Waals surface area contributed by atoms with Gasteiger partial charge in [0.1, 0.15) is 18.4 Å². The lowest BCUT2D eigenvalue weighted by Crippen LogP contribution is -2.13. The minimum atomic E-state index is -0.522. The Bertz CT molecular complexity index is 315. The molecule has 1 rings (SSSR count). The number of hydrogen-bond acceptors (Lipinski definition) is 3. The van der Waals surface area contributed by atoms with Gasteiger partial charge in [0, 0.05) is 0 Å². The molecule has 0 amide bonds. The van der Waals surface area contributed by atoms with Crippen molar-refractivity contribution in [2.24, 2.45) is 0 Å². The molecule has 1 aromatic rings. The first-order valence-electron chi connectivity index (χ1n) is 4.04. The normalized spacial score (nSPS) is 11.8. The maximum absolute atomic E-state index is 8.97. The summed E-state index contributed by atoms with van der Waals surface area (Å²) in [5.41, 5.74) is 0.489. The summed E-state index contributed by atoms with van der Waals surface area (Å²) in [7, 11) is 0. The fourth-order valence-electron chi connectivity index (χ4n) is 0.895. The van der Waals surface area contributed by atoms with Crippen molar-refractivity contribution in [3.63, 3.8) is 0 Å². The van der Waals surface area contributed by atoms with Crippen molar-refractivity contribution < 1.29 is 9.84 Å². The smallest absolute Gasteiger partial charge is 0.137 e. The van der Waals surface area contributed by atoms with Gasteiger partial charge in [-0.05, 0) is 19.1 Å². The van der Waals surface area contributed by atoms with Gasteiger partial charge in [0.25, 0.3) is 0 Å². The number of ether oxygens (including phenoxy) is 1. The van der Waals surface area contributed by atoms with Gasteiger partial charge in [-0.1, -0.05) is 12.1 Å². The minimum absolute atomic E-state index is 0.207. The Morgan fingerprint density at radius 3 is 2.85 bits per heavy atom. The van der Waals surface area contributed by atoms with Gasteiger partial charge in [-0.3, -0.25) is 0 Å². The molecular weight excluding hydrogens is 166 g/mol. The third kappa shape index (κ3) is 2.77. The highest BCUT2D eigenvalue weighted by Crippen LogP contribution is 2.16. The van der Waals surface area contributed by atoms with Crippen LogP contribution >= 0.6 is 0 Å². The van der Waals surface area contributed by atoms with E-state index in [0.29, 0.717) is 11.3 Å². The van der Waals surface area contributed by atoms with Crippen LogP contribution in [0.2, 0.25) is 0 Å². The molecule has 0 heterocycles. The van der Waals surface area contributed by atoms with Crippen LogP contribution in [0.4, 0.5) is 0 Å². The standard InChI is InChI=1S/C10H11NO2/c1-8(12)7-13-10-5-3-2-4-9(10)6-11/h2-5,8,12H,7H2,1H3. The monoisotopic (exact) mass is 177 g/mol. The lowest BCUT2D eigenvalue weighted by molar-refractivity contribution is 0.122. The molecule has 0 radical (unpaired) electrons. The first-order valence-corrected chi connectivity index (χ1v) is 4.04. The molecule has 3 heteroatoms. The van der Waals surface area contributed by atoms with Crippen LogP contribution in [-0.4, -0.2) is 17.8 Å². The van der Waals surface area contributed by atoms with Crippen molar-refractivity contribution in [3.8, 4) is 11.8 Å². The van der Waals surface area contributed by atoms with E-state index in [9.17, 15) is 0 Å². The zero-order chi connectivity index (χ0) is 9.68. The summed E-state index contributed by atoms with van der Waals surface area (Å²) in [4.78, 5) is 0. The molecule has 0 aromatic heterocycles. The van der Waals surface area contributed by atoms with Crippen LogP contribution in [0, 0.1) is 11.3 Å². The third-order valence-corrected chi connectivity index (χ3v) is 1.49. The highest BCUT2D eigenvalue weighted by atomic mass is 16.5. The Morgan fingerprint density at radius 2 is 2.23 bits per heavy atom. The van der Waals surface area contributed by atoms with Crippen LogP contribution in [0.1, 0.15) is 12.5 Å². The molecular formula is C10H11NO2. The van der Waals surface area contributed by atoms with Crippen molar-refractivity contribution in [1.82, 2.24) is 0 Å². The van der Waals surface area contributed by atoms with E-state index in [1.165, 1.54) is 0 Å². The van der Waals surface area contributed by atoms with E-state index < -0.39 is 6.10 Å². The Morgan fingerprint density at radius 1 is 1.54 bits per heavy atom. The van der Waals surface area contributed by atoms with Gasteiger partial charge in [0.2, 0.25) is 0 Å². The van der Waals surface area contributed by atoms with Gasteiger partial charge < -0.3 is 9.84 Å². The van der Waals surface area contributed by atoms with E-state index in [1.54, 1.807) is 31.2 Å². The van der Waals surface area contributed by atoms with Gasteiger partial charge in [-0.2, -0.15) is 5.26 Å². The van der Waals surface area contributed by atoms with Gasteiger partial charge in [0.05, 0.1) is 11.7 Å². The van der Waals surface area contributed by atoms with Gasteiger partial charge >= 0.3 is 0 Å². The summed E-state index contributed by atoms with van der Waals surface area (Å²) < 4.78 is 5.22. The van der Waals surface area contributed by atoms with Crippen molar-refractivity contribution >= 4 is 0 Å². The van der Waals surface area contributed by atoms with Gasteiger partial charge in [0.15, 0.2) is 0 Å². The average Bonchev–Trinajstić information content (AvgIpc) is 2.15. The van der Waals surface area contributed by atoms with Crippen LogP contribution in [0.25, 0.3) is 0 Å². The van der Waals surface area contributed by atoms with Crippen molar-refractivity contribution in [3.05, 3.63) is 29.8 Å². The topological polar surface area (TPSA) is 53.2 Å². The number of rotatable bonds is 3. The summed E-state index contributed by atoms with van der Waals surface area (Å²) in [5, 5.41) is 17.7. The molecule has 0 aliphatic heterocycles. The molecule has 0 spiro atoms. The second-order valence-electron chi connectivity index (χ2n) is 2.77. The largest absolute Gasteiger partial charge is 0.490 e. The molecule has 1 atom stereocenters. The first kappa shape index (κ1) is 9.56. The quantitative estimate of drug-likeness (QED) is 0.757. The number of benzene rings is 1. The molecule has 3 nitrogen and oxygen atoms in total. The molecule has 13 heavy (non-hydrogen) atoms. The number of aliphatic hydroxyl groups is 1. The van der Waals surface area contributed by atoms with Crippen LogP contribution in [0.3, 0.4) is 0 Å². The average molecular weight is 177 g/mol. The molecule has 0 fully saturated rings. The van der Waals surface area contributed by atoms with E-state index in [-0.39, 0.29) is 6.61 Å². The number of hydrogen-bond donors (Lipinski definition) is 1. The van der Waals surface area contributed by atoms with Crippen molar-refractivity contribution in [2.75, 3.05) is 6.61 Å². The highest BCUT2D eigenvalue weighted by molar-refractivity contribution is 5.42. The number of nitriles is 1.